The fourth-order valence-corrected chi connectivity index (χ4v) is 2.83. The third kappa shape index (κ3) is 4.47. The Labute approximate surface area is 156 Å². The monoisotopic (exact) mass is 388 g/mol. The molecule has 0 unspecified atom stereocenters. The zero-order valence-corrected chi connectivity index (χ0v) is 14.8. The number of benzene rings is 2. The number of para-hydroxylation sites is 2. The summed E-state index contributed by atoms with van der Waals surface area (Å²) in [7, 11) is 0. The van der Waals surface area contributed by atoms with E-state index in [9.17, 15) is 19.3 Å². The quantitative estimate of drug-likeness (QED) is 0.387. The maximum Gasteiger partial charge on any atom is 0.292 e. The van der Waals surface area contributed by atoms with Crippen molar-refractivity contribution < 1.29 is 18.5 Å². The normalized spacial score (nSPS) is 11.8. The van der Waals surface area contributed by atoms with Crippen LogP contribution in [0, 0.1) is 15.9 Å². The van der Waals surface area contributed by atoms with Crippen LogP contribution in [0.15, 0.2) is 58.2 Å². The standard InChI is InChI=1S/C17H13FN4O4S/c1-10(15(23)19-13-4-2-3-5-14(13)22(24)25)27-17-21-20-16(26-17)11-6-8-12(18)9-7-11/h2-10H,1H3,(H,19,23)/t10-/m1/s1. The molecule has 1 atom stereocenters. The summed E-state index contributed by atoms with van der Waals surface area (Å²) < 4.78 is 18.4. The van der Waals surface area contributed by atoms with E-state index in [4.69, 9.17) is 4.42 Å². The number of nitro groups is 1. The van der Waals surface area contributed by atoms with Crippen molar-refractivity contribution in [3.8, 4) is 11.5 Å². The predicted octanol–water partition coefficient (Wildman–Crippen LogP) is 3.90. The Bertz CT molecular complexity index is 977. The Morgan fingerprint density at radius 3 is 2.63 bits per heavy atom. The lowest BCUT2D eigenvalue weighted by atomic mass is 10.2. The molecular weight excluding hydrogens is 375 g/mol. The van der Waals surface area contributed by atoms with Gasteiger partial charge in [-0.25, -0.2) is 4.39 Å². The molecule has 0 radical (unpaired) electrons. The van der Waals surface area contributed by atoms with E-state index in [2.05, 4.69) is 15.5 Å². The minimum atomic E-state index is -0.647. The van der Waals surface area contributed by atoms with E-state index >= 15 is 0 Å². The second-order valence-electron chi connectivity index (χ2n) is 5.40. The molecule has 0 aliphatic heterocycles. The van der Waals surface area contributed by atoms with Crippen LogP contribution in [-0.2, 0) is 4.79 Å². The third-order valence-corrected chi connectivity index (χ3v) is 4.44. The van der Waals surface area contributed by atoms with Gasteiger partial charge >= 0.3 is 0 Å². The molecule has 1 amide bonds. The summed E-state index contributed by atoms with van der Waals surface area (Å²) in [4.78, 5) is 22.8. The van der Waals surface area contributed by atoms with Gasteiger partial charge in [0.25, 0.3) is 10.9 Å². The largest absolute Gasteiger partial charge is 0.411 e. The minimum Gasteiger partial charge on any atom is -0.411 e. The van der Waals surface area contributed by atoms with E-state index in [-0.39, 0.29) is 28.3 Å². The van der Waals surface area contributed by atoms with Gasteiger partial charge in [-0.15, -0.1) is 10.2 Å². The lowest BCUT2D eigenvalue weighted by Gasteiger charge is -2.10. The number of nitrogens with one attached hydrogen (secondary N) is 1. The van der Waals surface area contributed by atoms with Gasteiger partial charge in [0, 0.05) is 11.6 Å². The van der Waals surface area contributed by atoms with E-state index in [1.807, 2.05) is 0 Å². The zero-order valence-electron chi connectivity index (χ0n) is 14.0. The van der Waals surface area contributed by atoms with Gasteiger partial charge in [0.1, 0.15) is 11.5 Å². The number of nitro benzene ring substituents is 1. The van der Waals surface area contributed by atoms with Gasteiger partial charge in [0.2, 0.25) is 11.8 Å². The zero-order chi connectivity index (χ0) is 19.4. The van der Waals surface area contributed by atoms with Gasteiger partial charge in [-0.1, -0.05) is 23.9 Å². The van der Waals surface area contributed by atoms with Crippen LogP contribution in [0.25, 0.3) is 11.5 Å². The fourth-order valence-electron chi connectivity index (χ4n) is 2.14. The number of hydrogen-bond acceptors (Lipinski definition) is 7. The number of hydrogen-bond donors (Lipinski definition) is 1. The number of carbonyl (C=O) groups is 1. The maximum atomic E-state index is 13.0. The third-order valence-electron chi connectivity index (χ3n) is 3.50. The summed E-state index contributed by atoms with van der Waals surface area (Å²) in [5, 5.41) is 20.8. The van der Waals surface area contributed by atoms with Crippen LogP contribution in [-0.4, -0.2) is 26.3 Å². The van der Waals surface area contributed by atoms with Crippen molar-refractivity contribution >= 4 is 29.0 Å². The molecule has 1 N–H and O–H groups in total. The molecule has 0 saturated carbocycles. The van der Waals surface area contributed by atoms with Gasteiger partial charge in [-0.05, 0) is 37.3 Å². The van der Waals surface area contributed by atoms with Gasteiger partial charge in [0.05, 0.1) is 10.2 Å². The second-order valence-corrected chi connectivity index (χ2v) is 6.70. The predicted molar refractivity (Wildman–Crippen MR) is 96.7 cm³/mol. The lowest BCUT2D eigenvalue weighted by Crippen LogP contribution is -2.22. The van der Waals surface area contributed by atoms with Gasteiger partial charge in [-0.2, -0.15) is 0 Å². The fraction of sp³-hybridized carbons (Fsp3) is 0.118. The summed E-state index contributed by atoms with van der Waals surface area (Å²) >= 11 is 1.01. The lowest BCUT2D eigenvalue weighted by molar-refractivity contribution is -0.383. The first-order valence-corrected chi connectivity index (χ1v) is 8.62. The first-order chi connectivity index (χ1) is 12.9. The molecule has 10 heteroatoms. The van der Waals surface area contributed by atoms with Crippen LogP contribution in [0.5, 0.6) is 0 Å². The molecule has 8 nitrogen and oxygen atoms in total. The number of rotatable bonds is 6. The van der Waals surface area contributed by atoms with Crippen molar-refractivity contribution in [2.75, 3.05) is 5.32 Å². The molecule has 2 aromatic carbocycles. The molecule has 3 rings (SSSR count). The van der Waals surface area contributed by atoms with Crippen molar-refractivity contribution in [3.63, 3.8) is 0 Å². The van der Waals surface area contributed by atoms with E-state index in [1.165, 1.54) is 42.5 Å². The highest BCUT2D eigenvalue weighted by Crippen LogP contribution is 2.28. The highest BCUT2D eigenvalue weighted by molar-refractivity contribution is 8.00. The Balaban J connectivity index is 1.67. The number of nitrogens with zero attached hydrogens (tertiary/aromatic N) is 3. The topological polar surface area (TPSA) is 111 Å². The van der Waals surface area contributed by atoms with E-state index in [1.54, 1.807) is 13.0 Å². The number of thioether (sulfide) groups is 1. The smallest absolute Gasteiger partial charge is 0.292 e. The molecule has 0 spiro atoms. The molecule has 1 heterocycles. The first kappa shape index (κ1) is 18.5. The molecule has 1 aromatic heterocycles. The van der Waals surface area contributed by atoms with Crippen LogP contribution in [0.4, 0.5) is 15.8 Å². The van der Waals surface area contributed by atoms with Crippen molar-refractivity contribution in [3.05, 3.63) is 64.5 Å². The van der Waals surface area contributed by atoms with Crippen molar-refractivity contribution in [2.24, 2.45) is 0 Å². The summed E-state index contributed by atoms with van der Waals surface area (Å²) in [6.07, 6.45) is 0. The number of halogens is 1. The van der Waals surface area contributed by atoms with Crippen LogP contribution < -0.4 is 5.32 Å². The Kier molecular flexibility index (Phi) is 5.46. The summed E-state index contributed by atoms with van der Waals surface area (Å²) in [6.45, 7) is 1.61. The van der Waals surface area contributed by atoms with E-state index in [0.29, 0.717) is 5.56 Å². The van der Waals surface area contributed by atoms with Gasteiger partial charge < -0.3 is 9.73 Å². The van der Waals surface area contributed by atoms with Gasteiger partial charge in [0.15, 0.2) is 0 Å². The minimum absolute atomic E-state index is 0.109. The molecule has 0 aliphatic carbocycles. The number of anilines is 1. The van der Waals surface area contributed by atoms with Crippen LogP contribution in [0.3, 0.4) is 0 Å². The summed E-state index contributed by atoms with van der Waals surface area (Å²) in [6, 6.07) is 11.4. The molecule has 138 valence electrons. The average molecular weight is 388 g/mol. The summed E-state index contributed by atoms with van der Waals surface area (Å²) in [5.41, 5.74) is 0.463. The molecule has 3 aromatic rings. The Hall–Kier alpha value is -3.27. The Morgan fingerprint density at radius 1 is 1.22 bits per heavy atom. The van der Waals surface area contributed by atoms with Gasteiger partial charge in [-0.3, -0.25) is 14.9 Å². The molecular formula is C17H13FN4O4S. The van der Waals surface area contributed by atoms with Crippen LogP contribution >= 0.6 is 11.8 Å². The Morgan fingerprint density at radius 2 is 1.93 bits per heavy atom. The van der Waals surface area contributed by atoms with Crippen molar-refractivity contribution in [1.29, 1.82) is 0 Å². The first-order valence-electron chi connectivity index (χ1n) is 7.74. The average Bonchev–Trinajstić information content (AvgIpc) is 3.11. The van der Waals surface area contributed by atoms with E-state index < -0.39 is 16.1 Å². The SMILES string of the molecule is C[C@@H](Sc1nnc(-c2ccc(F)cc2)o1)C(=O)Nc1ccccc1[N+](=O)[O-]. The number of carbonyl (C=O) groups excluding carboxylic acids is 1. The molecule has 0 fully saturated rings. The highest BCUT2D eigenvalue weighted by Gasteiger charge is 2.22. The number of aromatic nitrogens is 2. The van der Waals surface area contributed by atoms with Crippen LogP contribution in [0.2, 0.25) is 0 Å². The van der Waals surface area contributed by atoms with Crippen molar-refractivity contribution in [1.82, 2.24) is 10.2 Å². The molecule has 0 bridgehead atoms. The second kappa shape index (κ2) is 7.96. The highest BCUT2D eigenvalue weighted by atomic mass is 32.2. The van der Waals surface area contributed by atoms with Crippen molar-refractivity contribution in [2.45, 2.75) is 17.4 Å². The molecule has 27 heavy (non-hydrogen) atoms. The summed E-state index contributed by atoms with van der Waals surface area (Å²) in [5.74, 6) is -0.632. The molecule has 0 saturated heterocycles. The van der Waals surface area contributed by atoms with E-state index in [0.717, 1.165) is 11.8 Å². The maximum absolute atomic E-state index is 13.0. The molecule has 0 aliphatic rings. The van der Waals surface area contributed by atoms with Crippen LogP contribution in [0.1, 0.15) is 6.92 Å². The number of amides is 1.